The van der Waals surface area contributed by atoms with Crippen LogP contribution in [0.4, 0.5) is 5.69 Å². The summed E-state index contributed by atoms with van der Waals surface area (Å²) in [6.45, 7) is 11.8. The first kappa shape index (κ1) is 17.7. The summed E-state index contributed by atoms with van der Waals surface area (Å²) < 4.78 is 0. The minimum absolute atomic E-state index is 0.0484. The van der Waals surface area contributed by atoms with E-state index in [0.29, 0.717) is 17.2 Å². The molecule has 0 bridgehead atoms. The largest absolute Gasteiger partial charge is 0.368 e. The second-order valence-electron chi connectivity index (χ2n) is 6.44. The molecule has 1 aromatic rings. The van der Waals surface area contributed by atoms with Gasteiger partial charge < -0.3 is 4.90 Å². The van der Waals surface area contributed by atoms with Crippen molar-refractivity contribution < 1.29 is 9.59 Å². The highest BCUT2D eigenvalue weighted by atomic mass is 16.1. The normalized spacial score (nSPS) is 14.9. The SMILES string of the molecule is CCCN(CCC)C1CN(c2ccc(C(C)=O)c(C(C)=O)c2)C1. The van der Waals surface area contributed by atoms with Crippen molar-refractivity contribution in [1.29, 1.82) is 0 Å². The Morgan fingerprint density at radius 1 is 1.04 bits per heavy atom. The Hall–Kier alpha value is -1.68. The third kappa shape index (κ3) is 3.99. The molecule has 4 heteroatoms. The van der Waals surface area contributed by atoms with Gasteiger partial charge in [0.15, 0.2) is 11.6 Å². The molecule has 0 spiro atoms. The lowest BCUT2D eigenvalue weighted by Gasteiger charge is -2.47. The number of benzene rings is 1. The molecule has 1 aliphatic rings. The lowest BCUT2D eigenvalue weighted by Crippen LogP contribution is -2.59. The fourth-order valence-corrected chi connectivity index (χ4v) is 3.28. The van der Waals surface area contributed by atoms with Crippen molar-refractivity contribution in [3.05, 3.63) is 29.3 Å². The molecule has 1 fully saturated rings. The molecule has 0 aromatic heterocycles. The maximum absolute atomic E-state index is 11.8. The number of hydrogen-bond donors (Lipinski definition) is 0. The Labute approximate surface area is 139 Å². The third-order valence-electron chi connectivity index (χ3n) is 4.53. The van der Waals surface area contributed by atoms with Crippen LogP contribution in [0.15, 0.2) is 18.2 Å². The molecule has 2 rings (SSSR count). The van der Waals surface area contributed by atoms with Crippen molar-refractivity contribution in [2.24, 2.45) is 0 Å². The van der Waals surface area contributed by atoms with Crippen LogP contribution in [-0.4, -0.2) is 48.7 Å². The van der Waals surface area contributed by atoms with E-state index in [2.05, 4.69) is 23.6 Å². The van der Waals surface area contributed by atoms with Crippen LogP contribution in [-0.2, 0) is 0 Å². The van der Waals surface area contributed by atoms with E-state index < -0.39 is 0 Å². The average Bonchev–Trinajstić information content (AvgIpc) is 2.45. The minimum atomic E-state index is -0.0553. The Kier molecular flexibility index (Phi) is 5.94. The fraction of sp³-hybridized carbons (Fsp3) is 0.579. The van der Waals surface area contributed by atoms with Gasteiger partial charge in [-0.2, -0.15) is 0 Å². The van der Waals surface area contributed by atoms with Crippen molar-refractivity contribution in [3.8, 4) is 0 Å². The topological polar surface area (TPSA) is 40.6 Å². The number of nitrogens with zero attached hydrogens (tertiary/aromatic N) is 2. The second kappa shape index (κ2) is 7.73. The highest BCUT2D eigenvalue weighted by Gasteiger charge is 2.31. The number of rotatable bonds is 8. The molecule has 4 nitrogen and oxygen atoms in total. The van der Waals surface area contributed by atoms with Crippen LogP contribution in [0, 0.1) is 0 Å². The van der Waals surface area contributed by atoms with Crippen LogP contribution in [0.3, 0.4) is 0 Å². The van der Waals surface area contributed by atoms with E-state index >= 15 is 0 Å². The molecule has 0 saturated carbocycles. The first-order valence-corrected chi connectivity index (χ1v) is 8.62. The van der Waals surface area contributed by atoms with Gasteiger partial charge in [-0.3, -0.25) is 14.5 Å². The van der Waals surface area contributed by atoms with Gasteiger partial charge in [0.25, 0.3) is 0 Å². The summed E-state index contributed by atoms with van der Waals surface area (Å²) >= 11 is 0. The lowest BCUT2D eigenvalue weighted by atomic mass is 9.98. The van der Waals surface area contributed by atoms with Crippen molar-refractivity contribution in [1.82, 2.24) is 4.90 Å². The summed E-state index contributed by atoms with van der Waals surface area (Å²) in [5.74, 6) is -0.104. The number of Topliss-reactive ketones (excluding diaryl/α,β-unsaturated/α-hetero) is 2. The van der Waals surface area contributed by atoms with Crippen molar-refractivity contribution in [2.75, 3.05) is 31.1 Å². The van der Waals surface area contributed by atoms with Crippen LogP contribution in [0.5, 0.6) is 0 Å². The minimum Gasteiger partial charge on any atom is -0.368 e. The molecule has 23 heavy (non-hydrogen) atoms. The molecule has 1 heterocycles. The van der Waals surface area contributed by atoms with Gasteiger partial charge in [-0.05, 0) is 58.0 Å². The number of anilines is 1. The van der Waals surface area contributed by atoms with E-state index in [4.69, 9.17) is 0 Å². The average molecular weight is 316 g/mol. The van der Waals surface area contributed by atoms with Crippen LogP contribution in [0.25, 0.3) is 0 Å². The number of carbonyl (C=O) groups excluding carboxylic acids is 2. The Morgan fingerprint density at radius 3 is 2.09 bits per heavy atom. The smallest absolute Gasteiger partial charge is 0.160 e. The van der Waals surface area contributed by atoms with E-state index in [-0.39, 0.29) is 11.6 Å². The summed E-state index contributed by atoms with van der Waals surface area (Å²) in [7, 11) is 0. The van der Waals surface area contributed by atoms with E-state index in [1.54, 1.807) is 6.07 Å². The fourth-order valence-electron chi connectivity index (χ4n) is 3.28. The van der Waals surface area contributed by atoms with Gasteiger partial charge in [-0.25, -0.2) is 0 Å². The van der Waals surface area contributed by atoms with E-state index in [1.165, 1.54) is 26.7 Å². The molecule has 1 saturated heterocycles. The van der Waals surface area contributed by atoms with Crippen LogP contribution in [0.1, 0.15) is 61.3 Å². The molecule has 1 aliphatic heterocycles. The van der Waals surface area contributed by atoms with Gasteiger partial charge in [-0.1, -0.05) is 13.8 Å². The molecule has 1 aromatic carbocycles. The van der Waals surface area contributed by atoms with Crippen molar-refractivity contribution in [3.63, 3.8) is 0 Å². The van der Waals surface area contributed by atoms with Crippen LogP contribution in [0.2, 0.25) is 0 Å². The van der Waals surface area contributed by atoms with Crippen LogP contribution < -0.4 is 4.90 Å². The lowest BCUT2D eigenvalue weighted by molar-refractivity contribution is 0.0980. The van der Waals surface area contributed by atoms with Gasteiger partial charge in [0, 0.05) is 35.9 Å². The highest BCUT2D eigenvalue weighted by Crippen LogP contribution is 2.27. The summed E-state index contributed by atoms with van der Waals surface area (Å²) in [5.41, 5.74) is 2.11. The van der Waals surface area contributed by atoms with Gasteiger partial charge in [-0.15, -0.1) is 0 Å². The molecule has 0 radical (unpaired) electrons. The predicted octanol–water partition coefficient (Wildman–Crippen LogP) is 3.40. The highest BCUT2D eigenvalue weighted by molar-refractivity contribution is 6.07. The van der Waals surface area contributed by atoms with Gasteiger partial charge in [0.1, 0.15) is 0 Å². The molecule has 126 valence electrons. The van der Waals surface area contributed by atoms with Crippen molar-refractivity contribution in [2.45, 2.75) is 46.6 Å². The zero-order valence-electron chi connectivity index (χ0n) is 14.8. The number of hydrogen-bond acceptors (Lipinski definition) is 4. The Morgan fingerprint density at radius 2 is 1.61 bits per heavy atom. The summed E-state index contributed by atoms with van der Waals surface area (Å²) in [5, 5.41) is 0. The van der Waals surface area contributed by atoms with E-state index in [9.17, 15) is 9.59 Å². The molecule has 0 atom stereocenters. The maximum Gasteiger partial charge on any atom is 0.160 e. The number of carbonyl (C=O) groups is 2. The monoisotopic (exact) mass is 316 g/mol. The predicted molar refractivity (Wildman–Crippen MR) is 94.6 cm³/mol. The molecular weight excluding hydrogens is 288 g/mol. The summed E-state index contributed by atoms with van der Waals surface area (Å²) in [4.78, 5) is 28.3. The molecular formula is C19H28N2O2. The molecule has 0 N–H and O–H groups in total. The first-order chi connectivity index (χ1) is 11.0. The van der Waals surface area contributed by atoms with Gasteiger partial charge in [0.2, 0.25) is 0 Å². The van der Waals surface area contributed by atoms with Gasteiger partial charge >= 0.3 is 0 Å². The quantitative estimate of drug-likeness (QED) is 0.689. The Balaban J connectivity index is 2.09. The van der Waals surface area contributed by atoms with E-state index in [1.807, 2.05) is 12.1 Å². The summed E-state index contributed by atoms with van der Waals surface area (Å²) in [6, 6.07) is 6.23. The standard InChI is InChI=1S/C19H28N2O2/c1-5-9-20(10-6-2)17-12-21(13-17)16-7-8-18(14(3)22)19(11-16)15(4)23/h7-8,11,17H,5-6,9-10,12-13H2,1-4H3. The molecule has 0 amide bonds. The van der Waals surface area contributed by atoms with E-state index in [0.717, 1.165) is 31.9 Å². The summed E-state index contributed by atoms with van der Waals surface area (Å²) in [6.07, 6.45) is 2.36. The third-order valence-corrected chi connectivity index (χ3v) is 4.53. The molecule has 0 aliphatic carbocycles. The zero-order chi connectivity index (χ0) is 17.0. The van der Waals surface area contributed by atoms with Crippen LogP contribution >= 0.6 is 0 Å². The Bertz CT molecular complexity index is 571. The second-order valence-corrected chi connectivity index (χ2v) is 6.44. The van der Waals surface area contributed by atoms with Crippen molar-refractivity contribution >= 4 is 17.3 Å². The number of ketones is 2. The molecule has 0 unspecified atom stereocenters. The van der Waals surface area contributed by atoms with Gasteiger partial charge in [0.05, 0.1) is 0 Å². The zero-order valence-corrected chi connectivity index (χ0v) is 14.8. The first-order valence-electron chi connectivity index (χ1n) is 8.62. The maximum atomic E-state index is 11.8.